The molecule has 2 amide bonds. The van der Waals surface area contributed by atoms with Crippen LogP contribution in [-0.2, 0) is 4.79 Å². The molecule has 0 saturated heterocycles. The number of unbranched alkanes of at least 4 members (excludes halogenated alkanes) is 4. The highest BCUT2D eigenvalue weighted by molar-refractivity contribution is 6.07. The van der Waals surface area contributed by atoms with Crippen molar-refractivity contribution in [2.45, 2.75) is 46.0 Å². The second kappa shape index (κ2) is 12.7. The maximum absolute atomic E-state index is 12.9. The summed E-state index contributed by atoms with van der Waals surface area (Å²) >= 11 is 0. The first-order chi connectivity index (χ1) is 14.2. The van der Waals surface area contributed by atoms with Gasteiger partial charge in [0.1, 0.15) is 0 Å². The lowest BCUT2D eigenvalue weighted by atomic mass is 10.1. The topological polar surface area (TPSA) is 61.4 Å². The Bertz CT molecular complexity index is 762. The summed E-state index contributed by atoms with van der Waals surface area (Å²) < 4.78 is 0. The highest BCUT2D eigenvalue weighted by Crippen LogP contribution is 2.18. The molecule has 0 spiro atoms. The van der Waals surface area contributed by atoms with Crippen LogP contribution in [-0.4, -0.2) is 31.4 Å². The van der Waals surface area contributed by atoms with Gasteiger partial charge in [-0.3, -0.25) is 9.59 Å². The number of carbonyl (C=O) groups is 2. The molecule has 0 aliphatic rings. The fourth-order valence-corrected chi connectivity index (χ4v) is 3.20. The highest BCUT2D eigenvalue weighted by Gasteiger charge is 2.16. The van der Waals surface area contributed by atoms with E-state index >= 15 is 0 Å². The maximum atomic E-state index is 12.9. The molecular formula is C24H33N3O2. The van der Waals surface area contributed by atoms with Gasteiger partial charge in [-0.05, 0) is 50.2 Å². The van der Waals surface area contributed by atoms with E-state index in [4.69, 9.17) is 0 Å². The molecule has 0 radical (unpaired) electrons. The predicted octanol–water partition coefficient (Wildman–Crippen LogP) is 4.85. The van der Waals surface area contributed by atoms with E-state index in [2.05, 4.69) is 17.6 Å². The molecule has 2 rings (SSSR count). The number of nitrogens with zero attached hydrogens (tertiary/aromatic N) is 1. The molecule has 29 heavy (non-hydrogen) atoms. The summed E-state index contributed by atoms with van der Waals surface area (Å²) in [5, 5.41) is 6.05. The molecular weight excluding hydrogens is 362 g/mol. The van der Waals surface area contributed by atoms with Crippen LogP contribution in [0, 0.1) is 0 Å². The van der Waals surface area contributed by atoms with Gasteiger partial charge in [0.05, 0.1) is 6.54 Å². The summed E-state index contributed by atoms with van der Waals surface area (Å²) in [6.45, 7) is 5.84. The Labute approximate surface area is 174 Å². The third-order valence-electron chi connectivity index (χ3n) is 4.77. The van der Waals surface area contributed by atoms with Gasteiger partial charge in [-0.1, -0.05) is 56.9 Å². The van der Waals surface area contributed by atoms with Crippen molar-refractivity contribution in [1.29, 1.82) is 0 Å². The first-order valence-corrected chi connectivity index (χ1v) is 10.6. The van der Waals surface area contributed by atoms with Gasteiger partial charge >= 0.3 is 0 Å². The summed E-state index contributed by atoms with van der Waals surface area (Å²) in [7, 11) is 0. The van der Waals surface area contributed by atoms with Gasteiger partial charge in [0.25, 0.3) is 5.91 Å². The minimum absolute atomic E-state index is 0.0833. The number of para-hydroxylation sites is 1. The van der Waals surface area contributed by atoms with Crippen molar-refractivity contribution >= 4 is 23.2 Å². The Balaban J connectivity index is 1.87. The number of nitrogens with one attached hydrogen (secondary N) is 2. The molecule has 0 heterocycles. The molecule has 2 aromatic rings. The Kier molecular flexibility index (Phi) is 9.93. The lowest BCUT2D eigenvalue weighted by molar-refractivity contribution is -0.115. The van der Waals surface area contributed by atoms with Crippen molar-refractivity contribution < 1.29 is 9.59 Å². The minimum Gasteiger partial charge on any atom is -0.325 e. The van der Waals surface area contributed by atoms with Crippen LogP contribution in [0.2, 0.25) is 0 Å². The van der Waals surface area contributed by atoms with Gasteiger partial charge in [0.2, 0.25) is 5.91 Å². The number of benzene rings is 2. The van der Waals surface area contributed by atoms with Crippen LogP contribution in [0.4, 0.5) is 11.4 Å². The molecule has 0 aliphatic heterocycles. The molecule has 0 aliphatic carbocycles. The van der Waals surface area contributed by atoms with Crippen molar-refractivity contribution in [3.63, 3.8) is 0 Å². The fourth-order valence-electron chi connectivity index (χ4n) is 3.20. The summed E-state index contributed by atoms with van der Waals surface area (Å²) in [6, 6.07) is 16.7. The standard InChI is InChI=1S/C24H33N3O2/c1-3-5-6-7-11-17-25-19-23(28)26-21-14-12-13-20(18-21)24(29)27(4-2)22-15-9-8-10-16-22/h8-10,12-16,18,25H,3-7,11,17,19H2,1-2H3,(H,26,28). The van der Waals surface area contributed by atoms with Crippen molar-refractivity contribution in [2.75, 3.05) is 29.9 Å². The van der Waals surface area contributed by atoms with E-state index in [1.165, 1.54) is 25.7 Å². The van der Waals surface area contributed by atoms with Gasteiger partial charge in [-0.2, -0.15) is 0 Å². The molecule has 0 unspecified atom stereocenters. The van der Waals surface area contributed by atoms with Crippen LogP contribution in [0.1, 0.15) is 56.3 Å². The third-order valence-corrected chi connectivity index (χ3v) is 4.77. The normalized spacial score (nSPS) is 10.6. The number of carbonyl (C=O) groups excluding carboxylic acids is 2. The van der Waals surface area contributed by atoms with Gasteiger partial charge < -0.3 is 15.5 Å². The van der Waals surface area contributed by atoms with Crippen molar-refractivity contribution in [3.8, 4) is 0 Å². The predicted molar refractivity (Wildman–Crippen MR) is 120 cm³/mol. The van der Waals surface area contributed by atoms with Gasteiger partial charge in [0.15, 0.2) is 0 Å². The maximum Gasteiger partial charge on any atom is 0.258 e. The number of anilines is 2. The Morgan fingerprint density at radius 2 is 1.66 bits per heavy atom. The highest BCUT2D eigenvalue weighted by atomic mass is 16.2. The molecule has 0 aromatic heterocycles. The molecule has 0 saturated carbocycles. The molecule has 156 valence electrons. The van der Waals surface area contributed by atoms with E-state index < -0.39 is 0 Å². The Morgan fingerprint density at radius 1 is 0.897 bits per heavy atom. The lowest BCUT2D eigenvalue weighted by Gasteiger charge is -2.21. The van der Waals surface area contributed by atoms with Crippen molar-refractivity contribution in [3.05, 3.63) is 60.2 Å². The molecule has 0 fully saturated rings. The average molecular weight is 396 g/mol. The van der Waals surface area contributed by atoms with Crippen molar-refractivity contribution in [2.24, 2.45) is 0 Å². The largest absolute Gasteiger partial charge is 0.325 e. The van der Waals surface area contributed by atoms with Crippen molar-refractivity contribution in [1.82, 2.24) is 5.32 Å². The van der Waals surface area contributed by atoms with E-state index in [1.54, 1.807) is 29.2 Å². The van der Waals surface area contributed by atoms with E-state index in [1.807, 2.05) is 37.3 Å². The SMILES string of the molecule is CCCCCCCNCC(=O)Nc1cccc(C(=O)N(CC)c2ccccc2)c1. The smallest absolute Gasteiger partial charge is 0.258 e. The molecule has 2 aromatic carbocycles. The van der Waals surface area contributed by atoms with Crippen LogP contribution >= 0.6 is 0 Å². The zero-order chi connectivity index (χ0) is 20.9. The first-order valence-electron chi connectivity index (χ1n) is 10.6. The molecule has 5 nitrogen and oxygen atoms in total. The number of rotatable bonds is 12. The van der Waals surface area contributed by atoms with Crippen LogP contribution in [0.3, 0.4) is 0 Å². The summed E-state index contributed by atoms with van der Waals surface area (Å²) in [5.74, 6) is -0.182. The fraction of sp³-hybridized carbons (Fsp3) is 0.417. The second-order valence-corrected chi connectivity index (χ2v) is 7.10. The average Bonchev–Trinajstić information content (AvgIpc) is 2.74. The summed E-state index contributed by atoms with van der Waals surface area (Å²) in [6.07, 6.45) is 6.04. The zero-order valence-electron chi connectivity index (χ0n) is 17.6. The molecule has 5 heteroatoms. The van der Waals surface area contributed by atoms with Crippen LogP contribution < -0.4 is 15.5 Å². The van der Waals surface area contributed by atoms with Crippen LogP contribution in [0.5, 0.6) is 0 Å². The number of hydrogen-bond acceptors (Lipinski definition) is 3. The minimum atomic E-state index is -0.0986. The zero-order valence-corrected chi connectivity index (χ0v) is 17.6. The van der Waals surface area contributed by atoms with Gasteiger partial charge in [-0.15, -0.1) is 0 Å². The van der Waals surface area contributed by atoms with E-state index in [0.717, 1.165) is 18.7 Å². The monoisotopic (exact) mass is 395 g/mol. The van der Waals surface area contributed by atoms with Crippen LogP contribution in [0.25, 0.3) is 0 Å². The van der Waals surface area contributed by atoms with E-state index in [0.29, 0.717) is 17.8 Å². The Hall–Kier alpha value is -2.66. The molecule has 0 atom stereocenters. The van der Waals surface area contributed by atoms with E-state index in [-0.39, 0.29) is 18.4 Å². The lowest BCUT2D eigenvalue weighted by Crippen LogP contribution is -2.31. The summed E-state index contributed by atoms with van der Waals surface area (Å²) in [4.78, 5) is 26.8. The molecule has 2 N–H and O–H groups in total. The number of hydrogen-bond donors (Lipinski definition) is 2. The van der Waals surface area contributed by atoms with Gasteiger partial charge in [-0.25, -0.2) is 0 Å². The van der Waals surface area contributed by atoms with Gasteiger partial charge in [0, 0.05) is 23.5 Å². The Morgan fingerprint density at radius 3 is 2.38 bits per heavy atom. The number of amides is 2. The summed E-state index contributed by atoms with van der Waals surface area (Å²) in [5.41, 5.74) is 2.05. The van der Waals surface area contributed by atoms with E-state index in [9.17, 15) is 9.59 Å². The molecule has 0 bridgehead atoms. The second-order valence-electron chi connectivity index (χ2n) is 7.10. The first kappa shape index (κ1) is 22.6. The quantitative estimate of drug-likeness (QED) is 0.505. The van der Waals surface area contributed by atoms with Crippen LogP contribution in [0.15, 0.2) is 54.6 Å². The third kappa shape index (κ3) is 7.70.